The molecule has 1 aliphatic heterocycles. The summed E-state index contributed by atoms with van der Waals surface area (Å²) in [6, 6.07) is 8.54. The molecule has 2 rings (SSSR count). The minimum absolute atomic E-state index is 0. The topological polar surface area (TPSA) is 62.9 Å². The normalized spacial score (nSPS) is 15.4. The predicted octanol–water partition coefficient (Wildman–Crippen LogP) is 2.59. The van der Waals surface area contributed by atoms with Gasteiger partial charge in [0.1, 0.15) is 0 Å². The number of ether oxygens (including phenoxy) is 1. The first-order valence-corrected chi connectivity index (χ1v) is 8.10. The van der Waals surface area contributed by atoms with Crippen molar-refractivity contribution < 1.29 is 4.74 Å². The number of hydrogen-bond acceptors (Lipinski definition) is 3. The van der Waals surface area contributed by atoms with Crippen LogP contribution in [0.5, 0.6) is 0 Å². The van der Waals surface area contributed by atoms with E-state index in [1.54, 1.807) is 0 Å². The number of rotatable bonds is 6. The second kappa shape index (κ2) is 10.7. The first-order valence-electron chi connectivity index (χ1n) is 8.10. The summed E-state index contributed by atoms with van der Waals surface area (Å²) in [5.74, 6) is 1.20. The van der Waals surface area contributed by atoms with Gasteiger partial charge in [-0.2, -0.15) is 0 Å². The van der Waals surface area contributed by atoms with Gasteiger partial charge in [-0.05, 0) is 30.0 Å². The van der Waals surface area contributed by atoms with E-state index in [1.807, 2.05) is 0 Å². The highest BCUT2D eigenvalue weighted by molar-refractivity contribution is 14.0. The molecule has 0 spiro atoms. The average molecular weight is 432 g/mol. The predicted molar refractivity (Wildman–Crippen MR) is 108 cm³/mol. The van der Waals surface area contributed by atoms with E-state index in [-0.39, 0.29) is 24.0 Å². The van der Waals surface area contributed by atoms with Gasteiger partial charge in [-0.25, -0.2) is 4.99 Å². The number of anilines is 1. The molecule has 6 heteroatoms. The van der Waals surface area contributed by atoms with Crippen molar-refractivity contribution in [3.63, 3.8) is 0 Å². The maximum atomic E-state index is 5.87. The van der Waals surface area contributed by atoms with Crippen molar-refractivity contribution >= 4 is 35.6 Å². The Kier molecular flexibility index (Phi) is 9.31. The average Bonchev–Trinajstić information content (AvgIpc) is 2.54. The Morgan fingerprint density at radius 3 is 2.52 bits per heavy atom. The lowest BCUT2D eigenvalue weighted by molar-refractivity contribution is 0.122. The summed E-state index contributed by atoms with van der Waals surface area (Å²) < 4.78 is 5.38. The number of guanidine groups is 1. The maximum Gasteiger partial charge on any atom is 0.188 e. The van der Waals surface area contributed by atoms with Crippen LogP contribution in [-0.4, -0.2) is 38.8 Å². The van der Waals surface area contributed by atoms with Crippen molar-refractivity contribution in [1.82, 2.24) is 5.32 Å². The Balaban J connectivity index is 0.00000264. The zero-order chi connectivity index (χ0) is 15.8. The summed E-state index contributed by atoms with van der Waals surface area (Å²) >= 11 is 0. The standard InChI is InChI=1S/C17H28N4O.HI/c1-14(2)7-8-19-17(18)20-13-15-3-5-16(6-4-15)21-9-11-22-12-10-21;/h3-6,14H,7-13H2,1-2H3,(H3,18,19,20);1H. The van der Waals surface area contributed by atoms with Crippen LogP contribution in [0.15, 0.2) is 29.3 Å². The number of aliphatic imine (C=N–C) groups is 1. The molecule has 1 aromatic carbocycles. The van der Waals surface area contributed by atoms with E-state index < -0.39 is 0 Å². The fraction of sp³-hybridized carbons (Fsp3) is 0.588. The zero-order valence-electron chi connectivity index (χ0n) is 14.1. The van der Waals surface area contributed by atoms with Gasteiger partial charge in [-0.1, -0.05) is 26.0 Å². The Bertz CT molecular complexity index is 470. The lowest BCUT2D eigenvalue weighted by Gasteiger charge is -2.28. The van der Waals surface area contributed by atoms with Crippen LogP contribution in [0.3, 0.4) is 0 Å². The van der Waals surface area contributed by atoms with E-state index in [2.05, 4.69) is 53.3 Å². The van der Waals surface area contributed by atoms with Gasteiger partial charge in [0.15, 0.2) is 5.96 Å². The zero-order valence-corrected chi connectivity index (χ0v) is 16.5. The number of nitrogens with two attached hydrogens (primary N) is 1. The van der Waals surface area contributed by atoms with E-state index in [9.17, 15) is 0 Å². The van der Waals surface area contributed by atoms with Crippen LogP contribution in [0, 0.1) is 5.92 Å². The number of halogens is 1. The molecule has 0 aromatic heterocycles. The number of nitrogens with zero attached hydrogens (tertiary/aromatic N) is 2. The van der Waals surface area contributed by atoms with Crippen LogP contribution in [0.1, 0.15) is 25.8 Å². The summed E-state index contributed by atoms with van der Waals surface area (Å²) in [5.41, 5.74) is 8.29. The van der Waals surface area contributed by atoms with Crippen molar-refractivity contribution in [2.75, 3.05) is 37.7 Å². The Morgan fingerprint density at radius 2 is 1.91 bits per heavy atom. The summed E-state index contributed by atoms with van der Waals surface area (Å²) in [7, 11) is 0. The monoisotopic (exact) mass is 432 g/mol. The van der Waals surface area contributed by atoms with E-state index in [1.165, 1.54) is 11.3 Å². The molecule has 0 radical (unpaired) electrons. The molecule has 130 valence electrons. The van der Waals surface area contributed by atoms with Crippen LogP contribution in [-0.2, 0) is 11.3 Å². The third-order valence-corrected chi connectivity index (χ3v) is 3.77. The van der Waals surface area contributed by atoms with Crippen LogP contribution in [0.4, 0.5) is 5.69 Å². The van der Waals surface area contributed by atoms with Gasteiger partial charge in [0, 0.05) is 25.3 Å². The lowest BCUT2D eigenvalue weighted by Crippen LogP contribution is -2.36. The second-order valence-electron chi connectivity index (χ2n) is 6.08. The molecule has 3 N–H and O–H groups in total. The van der Waals surface area contributed by atoms with Gasteiger partial charge in [0.05, 0.1) is 19.8 Å². The van der Waals surface area contributed by atoms with Crippen LogP contribution < -0.4 is 16.0 Å². The first-order chi connectivity index (χ1) is 10.6. The molecule has 1 aliphatic rings. The van der Waals surface area contributed by atoms with Crippen molar-refractivity contribution in [1.29, 1.82) is 0 Å². The van der Waals surface area contributed by atoms with E-state index in [0.717, 1.165) is 39.3 Å². The van der Waals surface area contributed by atoms with Gasteiger partial charge >= 0.3 is 0 Å². The van der Waals surface area contributed by atoms with Crippen molar-refractivity contribution in [3.8, 4) is 0 Å². The molecule has 0 saturated carbocycles. The third kappa shape index (κ3) is 7.39. The largest absolute Gasteiger partial charge is 0.378 e. The minimum atomic E-state index is 0. The summed E-state index contributed by atoms with van der Waals surface area (Å²) in [6.45, 7) is 9.44. The number of benzene rings is 1. The molecular weight excluding hydrogens is 403 g/mol. The molecule has 1 aromatic rings. The summed E-state index contributed by atoms with van der Waals surface area (Å²) in [4.78, 5) is 6.73. The van der Waals surface area contributed by atoms with Gasteiger partial charge in [0.25, 0.3) is 0 Å². The van der Waals surface area contributed by atoms with Crippen LogP contribution in [0.2, 0.25) is 0 Å². The van der Waals surface area contributed by atoms with Gasteiger partial charge < -0.3 is 20.7 Å². The molecule has 0 unspecified atom stereocenters. The van der Waals surface area contributed by atoms with E-state index in [0.29, 0.717) is 18.4 Å². The minimum Gasteiger partial charge on any atom is -0.378 e. The smallest absolute Gasteiger partial charge is 0.188 e. The molecule has 0 bridgehead atoms. The summed E-state index contributed by atoms with van der Waals surface area (Å²) in [6.07, 6.45) is 1.10. The number of morpholine rings is 1. The van der Waals surface area contributed by atoms with E-state index >= 15 is 0 Å². The number of hydrogen-bond donors (Lipinski definition) is 2. The molecule has 1 fully saturated rings. The number of nitrogens with one attached hydrogen (secondary N) is 1. The highest BCUT2D eigenvalue weighted by Crippen LogP contribution is 2.16. The molecule has 23 heavy (non-hydrogen) atoms. The third-order valence-electron chi connectivity index (χ3n) is 3.77. The van der Waals surface area contributed by atoms with Gasteiger partial charge in [-0.15, -0.1) is 24.0 Å². The second-order valence-corrected chi connectivity index (χ2v) is 6.08. The molecule has 5 nitrogen and oxygen atoms in total. The first kappa shape index (κ1) is 20.0. The van der Waals surface area contributed by atoms with Crippen LogP contribution >= 0.6 is 24.0 Å². The lowest BCUT2D eigenvalue weighted by atomic mass is 10.1. The molecular formula is C17H29IN4O. The Morgan fingerprint density at radius 1 is 1.26 bits per heavy atom. The SMILES string of the molecule is CC(C)CCNC(N)=NCc1ccc(N2CCOCC2)cc1.I. The fourth-order valence-corrected chi connectivity index (χ4v) is 2.36. The fourth-order valence-electron chi connectivity index (χ4n) is 2.36. The van der Waals surface area contributed by atoms with Crippen LogP contribution in [0.25, 0.3) is 0 Å². The van der Waals surface area contributed by atoms with Crippen molar-refractivity contribution in [2.24, 2.45) is 16.6 Å². The maximum absolute atomic E-state index is 5.87. The highest BCUT2D eigenvalue weighted by atomic mass is 127. The van der Waals surface area contributed by atoms with Crippen molar-refractivity contribution in [2.45, 2.75) is 26.8 Å². The molecule has 1 heterocycles. The van der Waals surface area contributed by atoms with E-state index in [4.69, 9.17) is 10.5 Å². The molecule has 0 amide bonds. The van der Waals surface area contributed by atoms with Gasteiger partial charge in [-0.3, -0.25) is 0 Å². The van der Waals surface area contributed by atoms with Gasteiger partial charge in [0.2, 0.25) is 0 Å². The molecule has 1 saturated heterocycles. The van der Waals surface area contributed by atoms with Crippen molar-refractivity contribution in [3.05, 3.63) is 29.8 Å². The molecule has 0 aliphatic carbocycles. The Hall–Kier alpha value is -1.02. The highest BCUT2D eigenvalue weighted by Gasteiger charge is 2.10. The quantitative estimate of drug-likeness (QED) is 0.412. The summed E-state index contributed by atoms with van der Waals surface area (Å²) in [5, 5.41) is 3.15. The molecule has 0 atom stereocenters. The Labute approximate surface area is 156 Å².